The van der Waals surface area contributed by atoms with Gasteiger partial charge in [-0.25, -0.2) is 0 Å². The van der Waals surface area contributed by atoms with E-state index in [9.17, 15) is 4.79 Å². The third-order valence-corrected chi connectivity index (χ3v) is 3.85. The van der Waals surface area contributed by atoms with Gasteiger partial charge in [0, 0.05) is 13.0 Å². The predicted molar refractivity (Wildman–Crippen MR) is 105 cm³/mol. The molecule has 5 heteroatoms. The molecule has 26 heavy (non-hydrogen) atoms. The van der Waals surface area contributed by atoms with Crippen LogP contribution in [0, 0.1) is 11.3 Å². The van der Waals surface area contributed by atoms with Crippen LogP contribution < -0.4 is 0 Å². The monoisotopic (exact) mass is 374 g/mol. The lowest BCUT2D eigenvalue weighted by Gasteiger charge is -2.22. The van der Waals surface area contributed by atoms with Crippen LogP contribution in [-0.4, -0.2) is 52.2 Å². The average molecular weight is 375 g/mol. The second-order valence-corrected chi connectivity index (χ2v) is 8.19. The Labute approximate surface area is 161 Å². The van der Waals surface area contributed by atoms with E-state index in [-0.39, 0.29) is 11.4 Å². The molecule has 156 valence electrons. The average Bonchev–Trinajstić information content (AvgIpc) is 2.53. The molecule has 0 N–H and O–H groups in total. The van der Waals surface area contributed by atoms with Crippen molar-refractivity contribution >= 4 is 5.97 Å². The molecule has 0 aromatic rings. The first-order chi connectivity index (χ1) is 12.3. The molecule has 0 saturated carbocycles. The number of hydrogen-bond acceptors (Lipinski definition) is 5. The van der Waals surface area contributed by atoms with Crippen LogP contribution in [-0.2, 0) is 23.7 Å². The van der Waals surface area contributed by atoms with Crippen molar-refractivity contribution < 1.29 is 23.7 Å². The van der Waals surface area contributed by atoms with Gasteiger partial charge < -0.3 is 18.9 Å². The summed E-state index contributed by atoms with van der Waals surface area (Å²) in [6, 6.07) is 0. The van der Waals surface area contributed by atoms with Crippen LogP contribution in [0.1, 0.15) is 73.1 Å². The summed E-state index contributed by atoms with van der Waals surface area (Å²) in [6.45, 7) is 14.7. The normalized spacial score (nSPS) is 13.0. The number of rotatable bonds is 17. The summed E-state index contributed by atoms with van der Waals surface area (Å²) in [5.74, 6) is 0.198. The van der Waals surface area contributed by atoms with Crippen LogP contribution in [0.3, 0.4) is 0 Å². The van der Waals surface area contributed by atoms with Gasteiger partial charge in [-0.05, 0) is 24.2 Å². The molecular formula is C21H42O5. The lowest BCUT2D eigenvalue weighted by Crippen LogP contribution is -2.18. The van der Waals surface area contributed by atoms with Crippen molar-refractivity contribution in [3.05, 3.63) is 0 Å². The Balaban J connectivity index is 3.29. The molecule has 5 nitrogen and oxygen atoms in total. The minimum atomic E-state index is -0.141. The van der Waals surface area contributed by atoms with Crippen molar-refractivity contribution in [2.45, 2.75) is 73.1 Å². The molecule has 0 fully saturated rings. The van der Waals surface area contributed by atoms with E-state index in [0.717, 1.165) is 19.4 Å². The molecule has 0 bridgehead atoms. The Hall–Kier alpha value is -0.650. The number of carbonyl (C=O) groups is 1. The smallest absolute Gasteiger partial charge is 0.306 e. The van der Waals surface area contributed by atoms with E-state index in [1.165, 1.54) is 19.3 Å². The van der Waals surface area contributed by atoms with Crippen LogP contribution in [0.5, 0.6) is 0 Å². The lowest BCUT2D eigenvalue weighted by atomic mass is 9.84. The zero-order chi connectivity index (χ0) is 19.7. The molecular weight excluding hydrogens is 332 g/mol. The molecule has 0 saturated heterocycles. The molecule has 0 amide bonds. The SMILES string of the molecule is CCCCCCOCCOCCOCCOC(=O)CC(C)CC(C)(C)C. The molecule has 1 atom stereocenters. The van der Waals surface area contributed by atoms with Crippen molar-refractivity contribution in [3.63, 3.8) is 0 Å². The van der Waals surface area contributed by atoms with Gasteiger partial charge in [-0.1, -0.05) is 53.9 Å². The molecule has 0 aromatic heterocycles. The van der Waals surface area contributed by atoms with Gasteiger partial charge in [0.25, 0.3) is 0 Å². The van der Waals surface area contributed by atoms with E-state index in [1.807, 2.05) is 0 Å². The van der Waals surface area contributed by atoms with Gasteiger partial charge in [0.05, 0.1) is 33.0 Å². The van der Waals surface area contributed by atoms with Crippen LogP contribution >= 0.6 is 0 Å². The summed E-state index contributed by atoms with van der Waals surface area (Å²) >= 11 is 0. The molecule has 1 unspecified atom stereocenters. The van der Waals surface area contributed by atoms with Crippen LogP contribution in [0.2, 0.25) is 0 Å². The summed E-state index contributed by atoms with van der Waals surface area (Å²) in [5, 5.41) is 0. The van der Waals surface area contributed by atoms with Gasteiger partial charge in [0.1, 0.15) is 6.61 Å². The maximum Gasteiger partial charge on any atom is 0.306 e. The van der Waals surface area contributed by atoms with Gasteiger partial charge in [-0.3, -0.25) is 4.79 Å². The Bertz CT molecular complexity index is 325. The van der Waals surface area contributed by atoms with E-state index < -0.39 is 0 Å². The molecule has 0 rings (SSSR count). The highest BCUT2D eigenvalue weighted by molar-refractivity contribution is 5.69. The maximum absolute atomic E-state index is 11.7. The van der Waals surface area contributed by atoms with Crippen LogP contribution in [0.4, 0.5) is 0 Å². The van der Waals surface area contributed by atoms with Crippen molar-refractivity contribution in [2.75, 3.05) is 46.2 Å². The van der Waals surface area contributed by atoms with Crippen molar-refractivity contribution in [2.24, 2.45) is 11.3 Å². The Kier molecular flexibility index (Phi) is 16.1. The predicted octanol–water partition coefficient (Wildman–Crippen LogP) is 4.62. The summed E-state index contributed by atoms with van der Waals surface area (Å²) in [5.41, 5.74) is 0.239. The molecule has 0 radical (unpaired) electrons. The van der Waals surface area contributed by atoms with E-state index in [4.69, 9.17) is 18.9 Å². The van der Waals surface area contributed by atoms with E-state index in [1.54, 1.807) is 0 Å². The molecule has 0 aliphatic carbocycles. The van der Waals surface area contributed by atoms with E-state index >= 15 is 0 Å². The van der Waals surface area contributed by atoms with Gasteiger partial charge in [-0.15, -0.1) is 0 Å². The third-order valence-electron chi connectivity index (χ3n) is 3.85. The largest absolute Gasteiger partial charge is 0.463 e. The number of unbranched alkanes of at least 4 members (excludes halogenated alkanes) is 3. The first kappa shape index (κ1) is 25.4. The van der Waals surface area contributed by atoms with Crippen molar-refractivity contribution in [1.29, 1.82) is 0 Å². The standard InChI is InChI=1S/C21H42O5/c1-6-7-8-9-10-23-11-12-24-13-14-25-15-16-26-20(22)17-19(2)18-21(3,4)5/h19H,6-18H2,1-5H3. The Morgan fingerprint density at radius 3 is 1.88 bits per heavy atom. The second-order valence-electron chi connectivity index (χ2n) is 8.19. The minimum absolute atomic E-state index is 0.141. The zero-order valence-electron chi connectivity index (χ0n) is 17.8. The fourth-order valence-corrected chi connectivity index (χ4v) is 2.85. The van der Waals surface area contributed by atoms with Gasteiger partial charge in [-0.2, -0.15) is 0 Å². The van der Waals surface area contributed by atoms with Gasteiger partial charge >= 0.3 is 5.97 Å². The quantitative estimate of drug-likeness (QED) is 0.275. The zero-order valence-corrected chi connectivity index (χ0v) is 17.8. The first-order valence-electron chi connectivity index (χ1n) is 10.2. The molecule has 0 aliphatic rings. The Morgan fingerprint density at radius 2 is 1.35 bits per heavy atom. The Morgan fingerprint density at radius 1 is 0.808 bits per heavy atom. The number of hydrogen-bond donors (Lipinski definition) is 0. The summed E-state index contributed by atoms with van der Waals surface area (Å²) in [6.07, 6.45) is 6.38. The maximum atomic E-state index is 11.7. The highest BCUT2D eigenvalue weighted by atomic mass is 16.6. The fourth-order valence-electron chi connectivity index (χ4n) is 2.85. The second kappa shape index (κ2) is 16.5. The topological polar surface area (TPSA) is 54.0 Å². The fraction of sp³-hybridized carbons (Fsp3) is 0.952. The highest BCUT2D eigenvalue weighted by Gasteiger charge is 2.18. The van der Waals surface area contributed by atoms with Crippen LogP contribution in [0.15, 0.2) is 0 Å². The highest BCUT2D eigenvalue weighted by Crippen LogP contribution is 2.26. The summed E-state index contributed by atoms with van der Waals surface area (Å²) in [7, 11) is 0. The lowest BCUT2D eigenvalue weighted by molar-refractivity contribution is -0.146. The molecule has 0 aliphatic heterocycles. The number of ether oxygens (including phenoxy) is 4. The molecule has 0 heterocycles. The van der Waals surface area contributed by atoms with Crippen molar-refractivity contribution in [1.82, 2.24) is 0 Å². The molecule has 0 aromatic carbocycles. The van der Waals surface area contributed by atoms with E-state index in [0.29, 0.717) is 52.0 Å². The molecule has 0 spiro atoms. The summed E-state index contributed by atoms with van der Waals surface area (Å²) < 4.78 is 21.5. The third kappa shape index (κ3) is 19.7. The van der Waals surface area contributed by atoms with Gasteiger partial charge in [0.2, 0.25) is 0 Å². The van der Waals surface area contributed by atoms with Crippen LogP contribution in [0.25, 0.3) is 0 Å². The number of carbonyl (C=O) groups excluding carboxylic acids is 1. The number of esters is 1. The van der Waals surface area contributed by atoms with Crippen molar-refractivity contribution in [3.8, 4) is 0 Å². The first-order valence-corrected chi connectivity index (χ1v) is 10.2. The van der Waals surface area contributed by atoms with Gasteiger partial charge in [0.15, 0.2) is 0 Å². The summed E-state index contributed by atoms with van der Waals surface area (Å²) in [4.78, 5) is 11.7. The van der Waals surface area contributed by atoms with E-state index in [2.05, 4.69) is 34.6 Å². The minimum Gasteiger partial charge on any atom is -0.463 e.